The van der Waals surface area contributed by atoms with E-state index in [0.29, 0.717) is 28.7 Å². The SMILES string of the molecule is Cc1cc(=O)c(C(=O)N2CCSc3ccc(Cl)cc32)nn1-c1cccc(C(F)(F)F)c1. The molecule has 2 heterocycles. The molecule has 160 valence electrons. The normalized spacial score (nSPS) is 13.8. The molecule has 0 fully saturated rings. The number of halogens is 4. The van der Waals surface area contributed by atoms with Crippen LogP contribution in [0.1, 0.15) is 21.7 Å². The summed E-state index contributed by atoms with van der Waals surface area (Å²) in [5.41, 5.74) is -0.860. The van der Waals surface area contributed by atoms with E-state index in [2.05, 4.69) is 5.10 Å². The van der Waals surface area contributed by atoms with Crippen molar-refractivity contribution in [3.8, 4) is 5.69 Å². The van der Waals surface area contributed by atoms with Crippen LogP contribution in [-0.4, -0.2) is 28.0 Å². The van der Waals surface area contributed by atoms with E-state index in [-0.39, 0.29) is 11.4 Å². The van der Waals surface area contributed by atoms with Crippen LogP contribution < -0.4 is 10.3 Å². The van der Waals surface area contributed by atoms with Crippen LogP contribution in [0.15, 0.2) is 58.2 Å². The standard InChI is InChI=1S/C21H15ClF3N3O2S/c1-12-9-17(29)19(26-28(12)15-4-2-3-13(10-15)21(23,24)25)20(30)27-7-8-31-18-6-5-14(22)11-16(18)27/h2-6,9-11H,7-8H2,1H3. The van der Waals surface area contributed by atoms with Gasteiger partial charge in [-0.15, -0.1) is 11.8 Å². The minimum Gasteiger partial charge on any atom is -0.305 e. The number of anilines is 1. The van der Waals surface area contributed by atoms with Gasteiger partial charge in [0, 0.05) is 34.0 Å². The van der Waals surface area contributed by atoms with Gasteiger partial charge in [0.05, 0.1) is 16.9 Å². The summed E-state index contributed by atoms with van der Waals surface area (Å²) in [6, 6.07) is 10.9. The van der Waals surface area contributed by atoms with Crippen molar-refractivity contribution in [2.24, 2.45) is 0 Å². The second-order valence-electron chi connectivity index (χ2n) is 6.88. The Morgan fingerprint density at radius 2 is 1.94 bits per heavy atom. The molecule has 31 heavy (non-hydrogen) atoms. The minimum atomic E-state index is -4.53. The first kappa shape index (κ1) is 21.5. The van der Waals surface area contributed by atoms with E-state index in [1.165, 1.54) is 34.7 Å². The molecule has 1 amide bonds. The van der Waals surface area contributed by atoms with Crippen molar-refractivity contribution in [2.75, 3.05) is 17.2 Å². The molecule has 0 atom stereocenters. The summed E-state index contributed by atoms with van der Waals surface area (Å²) in [6.07, 6.45) is -4.53. The number of benzene rings is 2. The lowest BCUT2D eigenvalue weighted by molar-refractivity contribution is -0.137. The van der Waals surface area contributed by atoms with E-state index < -0.39 is 23.1 Å². The van der Waals surface area contributed by atoms with Gasteiger partial charge in [0.1, 0.15) is 0 Å². The number of alkyl halides is 3. The molecule has 1 aliphatic rings. The van der Waals surface area contributed by atoms with Crippen LogP contribution in [0, 0.1) is 6.92 Å². The number of carbonyl (C=O) groups excluding carboxylic acids is 1. The summed E-state index contributed by atoms with van der Waals surface area (Å²) in [5.74, 6) is -0.0110. The topological polar surface area (TPSA) is 55.2 Å². The summed E-state index contributed by atoms with van der Waals surface area (Å²) in [5, 5.41) is 4.58. The summed E-state index contributed by atoms with van der Waals surface area (Å²) in [7, 11) is 0. The lowest BCUT2D eigenvalue weighted by Gasteiger charge is -2.29. The lowest BCUT2D eigenvalue weighted by atomic mass is 10.2. The number of aromatic nitrogens is 2. The third kappa shape index (κ3) is 4.20. The van der Waals surface area contributed by atoms with Gasteiger partial charge in [-0.3, -0.25) is 9.59 Å². The van der Waals surface area contributed by atoms with Crippen LogP contribution in [0.25, 0.3) is 5.69 Å². The van der Waals surface area contributed by atoms with Gasteiger partial charge >= 0.3 is 6.18 Å². The maximum atomic E-state index is 13.2. The largest absolute Gasteiger partial charge is 0.416 e. The maximum Gasteiger partial charge on any atom is 0.416 e. The Morgan fingerprint density at radius 3 is 2.68 bits per heavy atom. The Hall–Kier alpha value is -2.78. The van der Waals surface area contributed by atoms with Gasteiger partial charge in [0.25, 0.3) is 5.91 Å². The Kier molecular flexibility index (Phi) is 5.57. The van der Waals surface area contributed by atoms with Crippen LogP contribution in [0.4, 0.5) is 18.9 Å². The predicted octanol–water partition coefficient (Wildman–Crippen LogP) is 4.97. The maximum absolute atomic E-state index is 13.2. The van der Waals surface area contributed by atoms with Crippen LogP contribution in [0.3, 0.4) is 0 Å². The highest BCUT2D eigenvalue weighted by molar-refractivity contribution is 7.99. The van der Waals surface area contributed by atoms with Gasteiger partial charge < -0.3 is 4.90 Å². The highest BCUT2D eigenvalue weighted by Crippen LogP contribution is 2.37. The lowest BCUT2D eigenvalue weighted by Crippen LogP contribution is -2.39. The Balaban J connectivity index is 1.79. The van der Waals surface area contributed by atoms with E-state index in [1.807, 2.05) is 0 Å². The monoisotopic (exact) mass is 465 g/mol. The fourth-order valence-corrected chi connectivity index (χ4v) is 4.44. The number of thioether (sulfide) groups is 1. The second kappa shape index (κ2) is 8.05. The third-order valence-electron chi connectivity index (χ3n) is 4.76. The highest BCUT2D eigenvalue weighted by Gasteiger charge is 2.31. The number of nitrogens with zero attached hydrogens (tertiary/aromatic N) is 3. The molecule has 0 spiro atoms. The molecular weight excluding hydrogens is 451 g/mol. The third-order valence-corrected chi connectivity index (χ3v) is 6.04. The molecule has 2 aromatic carbocycles. The quantitative estimate of drug-likeness (QED) is 0.536. The second-order valence-corrected chi connectivity index (χ2v) is 8.45. The molecule has 0 N–H and O–H groups in total. The van der Waals surface area contributed by atoms with E-state index in [9.17, 15) is 22.8 Å². The van der Waals surface area contributed by atoms with E-state index in [4.69, 9.17) is 11.6 Å². The molecule has 0 bridgehead atoms. The fraction of sp³-hybridized carbons (Fsp3) is 0.190. The van der Waals surface area contributed by atoms with Crippen LogP contribution in [0.2, 0.25) is 5.02 Å². The summed E-state index contributed by atoms with van der Waals surface area (Å²) in [6.45, 7) is 1.88. The zero-order valence-electron chi connectivity index (χ0n) is 16.1. The summed E-state index contributed by atoms with van der Waals surface area (Å²) >= 11 is 7.64. The average molecular weight is 466 g/mol. The smallest absolute Gasteiger partial charge is 0.305 e. The number of amides is 1. The van der Waals surface area contributed by atoms with Gasteiger partial charge in [-0.1, -0.05) is 17.7 Å². The highest BCUT2D eigenvalue weighted by atomic mass is 35.5. The fourth-order valence-electron chi connectivity index (χ4n) is 3.30. The van der Waals surface area contributed by atoms with E-state index in [1.54, 1.807) is 30.0 Å². The van der Waals surface area contributed by atoms with Crippen molar-refractivity contribution >= 4 is 35.0 Å². The van der Waals surface area contributed by atoms with Gasteiger partial charge in [-0.2, -0.15) is 18.3 Å². The number of rotatable bonds is 2. The van der Waals surface area contributed by atoms with Crippen LogP contribution in [0.5, 0.6) is 0 Å². The molecule has 0 saturated carbocycles. The van der Waals surface area contributed by atoms with Crippen molar-refractivity contribution in [2.45, 2.75) is 18.0 Å². The molecule has 4 rings (SSSR count). The molecule has 0 aliphatic carbocycles. The first-order valence-electron chi connectivity index (χ1n) is 9.18. The van der Waals surface area contributed by atoms with Crippen molar-refractivity contribution in [3.63, 3.8) is 0 Å². The molecular formula is C21H15ClF3N3O2S. The molecule has 0 saturated heterocycles. The van der Waals surface area contributed by atoms with E-state index >= 15 is 0 Å². The van der Waals surface area contributed by atoms with Crippen LogP contribution >= 0.6 is 23.4 Å². The van der Waals surface area contributed by atoms with Crippen molar-refractivity contribution in [1.82, 2.24) is 9.78 Å². The van der Waals surface area contributed by atoms with Gasteiger partial charge in [0.2, 0.25) is 5.43 Å². The predicted molar refractivity (Wildman–Crippen MR) is 113 cm³/mol. The minimum absolute atomic E-state index is 0.0963. The zero-order chi connectivity index (χ0) is 22.3. The van der Waals surface area contributed by atoms with Gasteiger partial charge in [-0.05, 0) is 43.3 Å². The van der Waals surface area contributed by atoms with E-state index in [0.717, 1.165) is 17.0 Å². The van der Waals surface area contributed by atoms with Crippen molar-refractivity contribution in [3.05, 3.63) is 80.7 Å². The number of fused-ring (bicyclic) bond motifs is 1. The van der Waals surface area contributed by atoms with Crippen molar-refractivity contribution in [1.29, 1.82) is 0 Å². The van der Waals surface area contributed by atoms with Gasteiger partial charge in [-0.25, -0.2) is 4.68 Å². The molecule has 1 aliphatic heterocycles. The molecule has 0 unspecified atom stereocenters. The van der Waals surface area contributed by atoms with Crippen molar-refractivity contribution < 1.29 is 18.0 Å². The zero-order valence-corrected chi connectivity index (χ0v) is 17.7. The first-order chi connectivity index (χ1) is 14.6. The number of aryl methyl sites for hydroxylation is 1. The molecule has 3 aromatic rings. The molecule has 10 heteroatoms. The Bertz CT molecular complexity index is 1240. The number of carbonyl (C=O) groups is 1. The average Bonchev–Trinajstić information content (AvgIpc) is 2.72. The Morgan fingerprint density at radius 1 is 1.16 bits per heavy atom. The molecule has 0 radical (unpaired) electrons. The molecule has 5 nitrogen and oxygen atoms in total. The Labute approximate surface area is 184 Å². The number of hydrogen-bond acceptors (Lipinski definition) is 4. The summed E-state index contributed by atoms with van der Waals surface area (Å²) in [4.78, 5) is 28.1. The summed E-state index contributed by atoms with van der Waals surface area (Å²) < 4.78 is 40.5. The first-order valence-corrected chi connectivity index (χ1v) is 10.5. The molecule has 1 aromatic heterocycles. The number of hydrogen-bond donors (Lipinski definition) is 0. The van der Waals surface area contributed by atoms with Crippen LogP contribution in [-0.2, 0) is 6.18 Å². The van der Waals surface area contributed by atoms with Gasteiger partial charge in [0.15, 0.2) is 5.69 Å².